The summed E-state index contributed by atoms with van der Waals surface area (Å²) < 4.78 is 20.7. The minimum Gasteiger partial charge on any atom is -0.467 e. The van der Waals surface area contributed by atoms with Gasteiger partial charge < -0.3 is 18.9 Å². The number of hydrogen-bond acceptors (Lipinski definition) is 5. The lowest BCUT2D eigenvalue weighted by atomic mass is 9.95. The molecule has 0 aromatic heterocycles. The van der Waals surface area contributed by atoms with E-state index in [0.29, 0.717) is 12.8 Å². The molecule has 0 aromatic rings. The van der Waals surface area contributed by atoms with Crippen LogP contribution in [0.15, 0.2) is 12.7 Å². The molecular weight excluding hydrogens is 212 g/mol. The predicted molar refractivity (Wildman–Crippen MR) is 56.9 cm³/mol. The first-order valence-electron chi connectivity index (χ1n) is 5.06. The number of carbonyl (C=O) groups is 1. The molecule has 0 radical (unpaired) electrons. The van der Waals surface area contributed by atoms with Gasteiger partial charge in [0, 0.05) is 27.1 Å². The zero-order chi connectivity index (χ0) is 12.2. The Balaban J connectivity index is 2.88. The van der Waals surface area contributed by atoms with Crippen molar-refractivity contribution >= 4 is 5.97 Å². The quantitative estimate of drug-likeness (QED) is 0.518. The van der Waals surface area contributed by atoms with Gasteiger partial charge in [0.1, 0.15) is 6.10 Å². The molecule has 3 atom stereocenters. The molecule has 0 N–H and O–H groups in total. The number of hydrogen-bond donors (Lipinski definition) is 0. The molecule has 5 nitrogen and oxygen atoms in total. The zero-order valence-corrected chi connectivity index (χ0v) is 9.89. The fraction of sp³-hybridized carbons (Fsp3) is 0.727. The second-order valence-electron chi connectivity index (χ2n) is 3.68. The van der Waals surface area contributed by atoms with Crippen LogP contribution in [0.4, 0.5) is 0 Å². The van der Waals surface area contributed by atoms with Gasteiger partial charge in [-0.15, -0.1) is 6.58 Å². The Bertz CT molecular complexity index is 251. The van der Waals surface area contributed by atoms with E-state index in [4.69, 9.17) is 18.9 Å². The Kier molecular flexibility index (Phi) is 4.46. The Hall–Kier alpha value is -0.910. The van der Waals surface area contributed by atoms with Crippen molar-refractivity contribution in [3.05, 3.63) is 12.7 Å². The van der Waals surface area contributed by atoms with E-state index in [1.165, 1.54) is 14.2 Å². The average Bonchev–Trinajstić information content (AvgIpc) is 2.68. The lowest BCUT2D eigenvalue weighted by Crippen LogP contribution is -2.39. The third-order valence-corrected chi connectivity index (χ3v) is 2.74. The monoisotopic (exact) mass is 230 g/mol. The van der Waals surface area contributed by atoms with Crippen LogP contribution in [0.1, 0.15) is 12.8 Å². The molecule has 0 bridgehead atoms. The molecule has 16 heavy (non-hydrogen) atoms. The van der Waals surface area contributed by atoms with Gasteiger partial charge in [-0.3, -0.25) is 0 Å². The molecule has 0 spiro atoms. The van der Waals surface area contributed by atoms with E-state index in [9.17, 15) is 4.79 Å². The molecule has 0 aromatic carbocycles. The highest BCUT2D eigenvalue weighted by atomic mass is 16.7. The summed E-state index contributed by atoms with van der Waals surface area (Å²) in [5, 5.41) is 0. The smallest absolute Gasteiger partial charge is 0.338 e. The van der Waals surface area contributed by atoms with Crippen molar-refractivity contribution in [3.63, 3.8) is 0 Å². The van der Waals surface area contributed by atoms with Crippen molar-refractivity contribution in [1.82, 2.24) is 0 Å². The van der Waals surface area contributed by atoms with E-state index in [1.807, 2.05) is 0 Å². The molecule has 1 heterocycles. The van der Waals surface area contributed by atoms with Crippen LogP contribution in [-0.2, 0) is 23.7 Å². The minimum absolute atomic E-state index is 0.274. The lowest BCUT2D eigenvalue weighted by molar-refractivity contribution is -0.198. The fourth-order valence-corrected chi connectivity index (χ4v) is 1.93. The summed E-state index contributed by atoms with van der Waals surface area (Å²) in [6.07, 6.45) is 1.58. The van der Waals surface area contributed by atoms with Gasteiger partial charge in [-0.2, -0.15) is 0 Å². The number of rotatable bonds is 5. The third-order valence-electron chi connectivity index (χ3n) is 2.74. The second kappa shape index (κ2) is 5.43. The van der Waals surface area contributed by atoms with E-state index in [0.717, 1.165) is 0 Å². The number of methoxy groups -OCH3 is 3. The summed E-state index contributed by atoms with van der Waals surface area (Å²) in [4.78, 5) is 11.7. The molecule has 0 amide bonds. The van der Waals surface area contributed by atoms with Crippen LogP contribution in [0, 0.1) is 0 Å². The largest absolute Gasteiger partial charge is 0.467 e. The molecule has 1 aliphatic rings. The Labute approximate surface area is 95.3 Å². The summed E-state index contributed by atoms with van der Waals surface area (Å²) >= 11 is 0. The highest BCUT2D eigenvalue weighted by Gasteiger charge is 2.52. The van der Waals surface area contributed by atoms with Crippen molar-refractivity contribution in [2.45, 2.75) is 30.8 Å². The van der Waals surface area contributed by atoms with Gasteiger partial charge >= 0.3 is 5.97 Å². The topological polar surface area (TPSA) is 54.0 Å². The van der Waals surface area contributed by atoms with Crippen LogP contribution in [0.2, 0.25) is 0 Å². The van der Waals surface area contributed by atoms with Crippen molar-refractivity contribution in [1.29, 1.82) is 0 Å². The maximum atomic E-state index is 11.7. The first kappa shape index (κ1) is 13.2. The molecular formula is C11H18O5. The molecule has 1 fully saturated rings. The summed E-state index contributed by atoms with van der Waals surface area (Å²) in [6, 6.07) is 0. The van der Waals surface area contributed by atoms with Crippen LogP contribution in [0.5, 0.6) is 0 Å². The summed E-state index contributed by atoms with van der Waals surface area (Å²) in [7, 11) is 4.40. The third kappa shape index (κ3) is 2.26. The molecule has 0 saturated carbocycles. The van der Waals surface area contributed by atoms with E-state index < -0.39 is 17.9 Å². The number of esters is 1. The molecule has 1 saturated heterocycles. The molecule has 0 aliphatic carbocycles. The van der Waals surface area contributed by atoms with Gasteiger partial charge in [-0.25, -0.2) is 4.79 Å². The fourth-order valence-electron chi connectivity index (χ4n) is 1.93. The molecule has 92 valence electrons. The Morgan fingerprint density at radius 1 is 1.50 bits per heavy atom. The van der Waals surface area contributed by atoms with E-state index in [-0.39, 0.29) is 6.10 Å². The zero-order valence-electron chi connectivity index (χ0n) is 9.89. The highest BCUT2D eigenvalue weighted by molar-refractivity contribution is 5.80. The average molecular weight is 230 g/mol. The normalized spacial score (nSPS) is 33.7. The van der Waals surface area contributed by atoms with E-state index >= 15 is 0 Å². The Morgan fingerprint density at radius 3 is 2.56 bits per heavy atom. The Morgan fingerprint density at radius 2 is 2.19 bits per heavy atom. The van der Waals surface area contributed by atoms with Crippen LogP contribution in [0.25, 0.3) is 0 Å². The van der Waals surface area contributed by atoms with Gasteiger partial charge in [-0.05, 0) is 0 Å². The maximum absolute atomic E-state index is 11.7. The maximum Gasteiger partial charge on any atom is 0.338 e. The summed E-state index contributed by atoms with van der Waals surface area (Å²) in [5.74, 6) is -0.422. The van der Waals surface area contributed by atoms with Crippen LogP contribution < -0.4 is 0 Å². The van der Waals surface area contributed by atoms with Crippen LogP contribution in [-0.4, -0.2) is 45.3 Å². The van der Waals surface area contributed by atoms with Gasteiger partial charge in [-0.1, -0.05) is 6.08 Å². The van der Waals surface area contributed by atoms with Crippen molar-refractivity contribution < 1.29 is 23.7 Å². The minimum atomic E-state index is -1.03. The molecule has 1 rings (SSSR count). The van der Waals surface area contributed by atoms with Crippen LogP contribution >= 0.6 is 0 Å². The van der Waals surface area contributed by atoms with Gasteiger partial charge in [0.05, 0.1) is 7.11 Å². The number of carbonyl (C=O) groups excluding carboxylic acids is 1. The highest BCUT2D eigenvalue weighted by Crippen LogP contribution is 2.36. The van der Waals surface area contributed by atoms with Crippen molar-refractivity contribution in [3.8, 4) is 0 Å². The van der Waals surface area contributed by atoms with E-state index in [2.05, 4.69) is 6.58 Å². The first-order chi connectivity index (χ1) is 7.63. The predicted octanol–water partition coefficient (Wildman–Crippen LogP) is 0.882. The molecule has 5 heteroatoms. The van der Waals surface area contributed by atoms with Gasteiger partial charge in [0.15, 0.2) is 11.9 Å². The SMILES string of the molecule is C=CC[C@]1(C(=O)OC)C[C@H](OC)[C@H](OC)O1. The van der Waals surface area contributed by atoms with Crippen LogP contribution in [0.3, 0.4) is 0 Å². The van der Waals surface area contributed by atoms with Crippen molar-refractivity contribution in [2.75, 3.05) is 21.3 Å². The molecule has 0 unspecified atom stereocenters. The van der Waals surface area contributed by atoms with E-state index in [1.54, 1.807) is 13.2 Å². The standard InChI is InChI=1S/C11H18O5/c1-5-6-11(10(12)15-4)7-8(13-2)9(14-3)16-11/h5,8-9H,1,6-7H2,2-4H3/t8-,9+,11+/m0/s1. The first-order valence-corrected chi connectivity index (χ1v) is 5.06. The summed E-state index contributed by atoms with van der Waals surface area (Å²) in [5.41, 5.74) is -1.03. The summed E-state index contributed by atoms with van der Waals surface area (Å²) in [6.45, 7) is 3.62. The van der Waals surface area contributed by atoms with Gasteiger partial charge in [0.2, 0.25) is 0 Å². The van der Waals surface area contributed by atoms with Gasteiger partial charge in [0.25, 0.3) is 0 Å². The lowest BCUT2D eigenvalue weighted by Gasteiger charge is -2.24. The number of ether oxygens (including phenoxy) is 4. The van der Waals surface area contributed by atoms with Crippen molar-refractivity contribution in [2.24, 2.45) is 0 Å². The second-order valence-corrected chi connectivity index (χ2v) is 3.68. The molecule has 1 aliphatic heterocycles.